The molecule has 0 aliphatic rings. The Bertz CT molecular complexity index is 631. The molecule has 0 radical (unpaired) electrons. The van der Waals surface area contributed by atoms with Crippen molar-refractivity contribution in [3.63, 3.8) is 0 Å². The minimum atomic E-state index is -0.499. The molecule has 2 amide bonds. The minimum Gasteiger partial charge on any atom is -0.366 e. The first-order chi connectivity index (χ1) is 9.90. The van der Waals surface area contributed by atoms with E-state index in [2.05, 4.69) is 25.2 Å². The highest BCUT2D eigenvalue weighted by Crippen LogP contribution is 2.26. The number of hydrogen-bond donors (Lipinski definition) is 2. The van der Waals surface area contributed by atoms with Gasteiger partial charge in [0, 0.05) is 28.0 Å². The molecule has 1 heterocycles. The summed E-state index contributed by atoms with van der Waals surface area (Å²) in [5.41, 5.74) is 5.97. The lowest BCUT2D eigenvalue weighted by molar-refractivity contribution is 0.0943. The summed E-state index contributed by atoms with van der Waals surface area (Å²) in [6.07, 6.45) is 0. The minimum absolute atomic E-state index is 0.114. The van der Waals surface area contributed by atoms with Crippen LogP contribution in [0.5, 0.6) is 0 Å². The zero-order valence-electron chi connectivity index (χ0n) is 12.1. The van der Waals surface area contributed by atoms with Gasteiger partial charge in [-0.25, -0.2) is 0 Å². The largest absolute Gasteiger partial charge is 0.366 e. The van der Waals surface area contributed by atoms with Gasteiger partial charge >= 0.3 is 0 Å². The molecule has 21 heavy (non-hydrogen) atoms. The van der Waals surface area contributed by atoms with Crippen LogP contribution in [0.25, 0.3) is 0 Å². The molecule has 4 nitrogen and oxygen atoms in total. The summed E-state index contributed by atoms with van der Waals surface area (Å²) in [4.78, 5) is 24.3. The molecule has 2 aromatic rings. The predicted octanol–water partition coefficient (Wildman–Crippen LogP) is 2.55. The molecule has 0 aliphatic heterocycles. The van der Waals surface area contributed by atoms with E-state index in [0.717, 1.165) is 0 Å². The monoisotopic (exact) mass is 302 g/mol. The molecule has 0 fully saturated rings. The maximum Gasteiger partial charge on any atom is 0.251 e. The molecule has 110 valence electrons. The number of amides is 2. The number of hydrogen-bond acceptors (Lipinski definition) is 3. The van der Waals surface area contributed by atoms with Gasteiger partial charge in [-0.15, -0.1) is 11.3 Å². The fourth-order valence-electron chi connectivity index (χ4n) is 1.94. The molecule has 0 saturated carbocycles. The van der Waals surface area contributed by atoms with Gasteiger partial charge in [0.15, 0.2) is 0 Å². The molecule has 1 aromatic heterocycles. The van der Waals surface area contributed by atoms with E-state index in [1.807, 2.05) is 11.4 Å². The van der Waals surface area contributed by atoms with Crippen molar-refractivity contribution in [3.8, 4) is 0 Å². The average molecular weight is 302 g/mol. The third kappa shape index (κ3) is 3.70. The lowest BCUT2D eigenvalue weighted by Gasteiger charge is -2.23. The smallest absolute Gasteiger partial charge is 0.251 e. The fraction of sp³-hybridized carbons (Fsp3) is 0.250. The van der Waals surface area contributed by atoms with Crippen LogP contribution in [0.15, 0.2) is 41.8 Å². The second-order valence-electron chi connectivity index (χ2n) is 5.49. The predicted molar refractivity (Wildman–Crippen MR) is 84.6 cm³/mol. The van der Waals surface area contributed by atoms with Crippen LogP contribution in [0.1, 0.15) is 39.4 Å². The highest BCUT2D eigenvalue weighted by molar-refractivity contribution is 7.10. The van der Waals surface area contributed by atoms with Gasteiger partial charge < -0.3 is 11.1 Å². The molecule has 2 rings (SSSR count). The van der Waals surface area contributed by atoms with E-state index >= 15 is 0 Å². The summed E-state index contributed by atoms with van der Waals surface area (Å²) >= 11 is 1.68. The molecule has 3 N–H and O–H groups in total. The maximum absolute atomic E-state index is 12.1. The summed E-state index contributed by atoms with van der Waals surface area (Å²) in [6.45, 7) is 4.73. The Morgan fingerprint density at radius 2 is 1.76 bits per heavy atom. The number of rotatable bonds is 5. The average Bonchev–Trinajstić information content (AvgIpc) is 3.00. The van der Waals surface area contributed by atoms with Crippen LogP contribution in [0.2, 0.25) is 0 Å². The van der Waals surface area contributed by atoms with Gasteiger partial charge in [-0.2, -0.15) is 0 Å². The third-order valence-corrected chi connectivity index (χ3v) is 4.55. The normalized spacial score (nSPS) is 11.1. The SMILES string of the molecule is CC(C)(CNC(=O)c1ccc(C(N)=O)cc1)c1cccs1. The first kappa shape index (κ1) is 15.3. The Labute approximate surface area is 128 Å². The highest BCUT2D eigenvalue weighted by Gasteiger charge is 2.22. The summed E-state index contributed by atoms with van der Waals surface area (Å²) in [6, 6.07) is 10.4. The maximum atomic E-state index is 12.1. The van der Waals surface area contributed by atoms with Gasteiger partial charge in [0.1, 0.15) is 0 Å². The third-order valence-electron chi connectivity index (χ3n) is 3.31. The number of thiophene rings is 1. The molecule has 0 bridgehead atoms. The summed E-state index contributed by atoms with van der Waals surface area (Å²) in [5.74, 6) is -0.656. The van der Waals surface area contributed by atoms with Crippen LogP contribution in [0, 0.1) is 0 Å². The second kappa shape index (κ2) is 6.10. The molecule has 0 saturated heterocycles. The molecular formula is C16H18N2O2S. The van der Waals surface area contributed by atoms with E-state index in [0.29, 0.717) is 17.7 Å². The Hall–Kier alpha value is -2.14. The van der Waals surface area contributed by atoms with Crippen molar-refractivity contribution in [3.05, 3.63) is 57.8 Å². The number of nitrogens with two attached hydrogens (primary N) is 1. The number of carbonyl (C=O) groups excluding carboxylic acids is 2. The Balaban J connectivity index is 2.00. The van der Waals surface area contributed by atoms with Crippen LogP contribution in [-0.2, 0) is 5.41 Å². The summed E-state index contributed by atoms with van der Waals surface area (Å²) in [7, 11) is 0. The van der Waals surface area contributed by atoms with Gasteiger partial charge in [-0.05, 0) is 35.7 Å². The van der Waals surface area contributed by atoms with E-state index in [4.69, 9.17) is 5.73 Å². The van der Waals surface area contributed by atoms with Crippen LogP contribution >= 0.6 is 11.3 Å². The van der Waals surface area contributed by atoms with Gasteiger partial charge in [0.2, 0.25) is 5.91 Å². The van der Waals surface area contributed by atoms with E-state index < -0.39 is 5.91 Å². The number of benzene rings is 1. The van der Waals surface area contributed by atoms with E-state index in [1.165, 1.54) is 4.88 Å². The Morgan fingerprint density at radius 3 is 2.29 bits per heavy atom. The first-order valence-electron chi connectivity index (χ1n) is 6.62. The number of carbonyl (C=O) groups is 2. The topological polar surface area (TPSA) is 72.2 Å². The van der Waals surface area contributed by atoms with Crippen molar-refractivity contribution in [2.24, 2.45) is 5.73 Å². The number of nitrogens with one attached hydrogen (secondary N) is 1. The quantitative estimate of drug-likeness (QED) is 0.891. The van der Waals surface area contributed by atoms with E-state index in [-0.39, 0.29) is 11.3 Å². The Morgan fingerprint density at radius 1 is 1.14 bits per heavy atom. The van der Waals surface area contributed by atoms with Crippen molar-refractivity contribution in [2.75, 3.05) is 6.54 Å². The summed E-state index contributed by atoms with van der Waals surface area (Å²) < 4.78 is 0. The Kier molecular flexibility index (Phi) is 4.43. The first-order valence-corrected chi connectivity index (χ1v) is 7.50. The molecule has 0 atom stereocenters. The standard InChI is InChI=1S/C16H18N2O2S/c1-16(2,13-4-3-9-21-13)10-18-15(20)12-7-5-11(6-8-12)14(17)19/h3-9H,10H2,1-2H3,(H2,17,19)(H,18,20). The van der Waals surface area contributed by atoms with Gasteiger partial charge in [0.05, 0.1) is 0 Å². The summed E-state index contributed by atoms with van der Waals surface area (Å²) in [5, 5.41) is 4.96. The molecule has 0 aliphatic carbocycles. The van der Waals surface area contributed by atoms with Crippen molar-refractivity contribution >= 4 is 23.2 Å². The lowest BCUT2D eigenvalue weighted by atomic mass is 9.91. The van der Waals surface area contributed by atoms with E-state index in [9.17, 15) is 9.59 Å². The van der Waals surface area contributed by atoms with Crippen LogP contribution < -0.4 is 11.1 Å². The van der Waals surface area contributed by atoms with Crippen LogP contribution in [0.4, 0.5) is 0 Å². The molecular weight excluding hydrogens is 284 g/mol. The lowest BCUT2D eigenvalue weighted by Crippen LogP contribution is -2.36. The highest BCUT2D eigenvalue weighted by atomic mass is 32.1. The van der Waals surface area contributed by atoms with E-state index in [1.54, 1.807) is 35.6 Å². The zero-order chi connectivity index (χ0) is 15.5. The van der Waals surface area contributed by atoms with Crippen LogP contribution in [0.3, 0.4) is 0 Å². The zero-order valence-corrected chi connectivity index (χ0v) is 12.9. The van der Waals surface area contributed by atoms with Crippen LogP contribution in [-0.4, -0.2) is 18.4 Å². The number of primary amides is 1. The van der Waals surface area contributed by atoms with Gasteiger partial charge in [-0.1, -0.05) is 19.9 Å². The van der Waals surface area contributed by atoms with Crippen molar-refractivity contribution in [1.82, 2.24) is 5.32 Å². The molecule has 5 heteroatoms. The van der Waals surface area contributed by atoms with Gasteiger partial charge in [-0.3, -0.25) is 9.59 Å². The molecule has 0 spiro atoms. The second-order valence-corrected chi connectivity index (χ2v) is 6.43. The van der Waals surface area contributed by atoms with Crippen molar-refractivity contribution < 1.29 is 9.59 Å². The van der Waals surface area contributed by atoms with Crippen molar-refractivity contribution in [2.45, 2.75) is 19.3 Å². The van der Waals surface area contributed by atoms with Gasteiger partial charge in [0.25, 0.3) is 5.91 Å². The molecule has 1 aromatic carbocycles. The van der Waals surface area contributed by atoms with Crippen molar-refractivity contribution in [1.29, 1.82) is 0 Å². The fourth-order valence-corrected chi connectivity index (χ4v) is 2.79. The molecule has 0 unspecified atom stereocenters.